The fraction of sp³-hybridized carbons (Fsp3) is 0.750. The summed E-state index contributed by atoms with van der Waals surface area (Å²) in [4.78, 5) is 14.8. The molecule has 0 bridgehead atoms. The average Bonchev–Trinajstić information content (AvgIpc) is 2.99. The van der Waals surface area contributed by atoms with Crippen molar-refractivity contribution in [2.75, 3.05) is 26.2 Å². The third-order valence-electron chi connectivity index (χ3n) is 5.88. The maximum atomic E-state index is 12.7. The Balaban J connectivity index is 1.33. The van der Waals surface area contributed by atoms with E-state index in [1.807, 2.05) is 12.4 Å². The number of amides is 1. The lowest BCUT2D eigenvalue weighted by Gasteiger charge is -2.33. The number of carbonyl (C=O) groups excluding carboxylic acids is 1. The molecule has 5 nitrogen and oxygen atoms in total. The summed E-state index contributed by atoms with van der Waals surface area (Å²) < 4.78 is 0. The minimum atomic E-state index is 0.324. The highest BCUT2D eigenvalue weighted by atomic mass is 16.2. The molecule has 3 heterocycles. The first-order valence-electron chi connectivity index (χ1n) is 8.27. The van der Waals surface area contributed by atoms with Crippen LogP contribution in [0.5, 0.6) is 0 Å². The number of hydrogen-bond acceptors (Lipinski definition) is 3. The van der Waals surface area contributed by atoms with Crippen molar-refractivity contribution in [3.63, 3.8) is 0 Å². The van der Waals surface area contributed by atoms with Gasteiger partial charge in [0.25, 0.3) is 0 Å². The van der Waals surface area contributed by atoms with Crippen molar-refractivity contribution in [3.8, 4) is 0 Å². The van der Waals surface area contributed by atoms with E-state index in [1.54, 1.807) is 0 Å². The first kappa shape index (κ1) is 13.3. The second kappa shape index (κ2) is 5.13. The van der Waals surface area contributed by atoms with Crippen LogP contribution in [0.4, 0.5) is 0 Å². The normalized spacial score (nSPS) is 28.8. The quantitative estimate of drug-likeness (QED) is 0.867. The fourth-order valence-electron chi connectivity index (χ4n) is 4.31. The van der Waals surface area contributed by atoms with Crippen molar-refractivity contribution < 1.29 is 4.79 Å². The summed E-state index contributed by atoms with van der Waals surface area (Å²) in [6.07, 6.45) is 9.58. The lowest BCUT2D eigenvalue weighted by Crippen LogP contribution is -2.40. The van der Waals surface area contributed by atoms with Gasteiger partial charge in [0.1, 0.15) is 0 Å². The van der Waals surface area contributed by atoms with Crippen LogP contribution in [-0.2, 0) is 4.79 Å². The lowest BCUT2D eigenvalue weighted by molar-refractivity contribution is -0.134. The highest BCUT2D eigenvalue weighted by Crippen LogP contribution is 2.59. The van der Waals surface area contributed by atoms with Crippen molar-refractivity contribution in [2.24, 2.45) is 11.3 Å². The van der Waals surface area contributed by atoms with E-state index in [0.29, 0.717) is 23.2 Å². The van der Waals surface area contributed by atoms with Crippen molar-refractivity contribution in [1.29, 1.82) is 0 Å². The molecule has 2 saturated heterocycles. The molecule has 4 rings (SSSR count). The van der Waals surface area contributed by atoms with Crippen LogP contribution in [0.1, 0.15) is 43.6 Å². The van der Waals surface area contributed by atoms with Crippen molar-refractivity contribution in [1.82, 2.24) is 20.4 Å². The van der Waals surface area contributed by atoms with Crippen LogP contribution in [0.25, 0.3) is 0 Å². The highest BCUT2D eigenvalue weighted by molar-refractivity contribution is 5.82. The van der Waals surface area contributed by atoms with Gasteiger partial charge in [0.05, 0.1) is 6.20 Å². The molecule has 1 aromatic heterocycles. The minimum Gasteiger partial charge on any atom is -0.342 e. The van der Waals surface area contributed by atoms with Gasteiger partial charge in [-0.3, -0.25) is 9.89 Å². The van der Waals surface area contributed by atoms with Crippen LogP contribution in [-0.4, -0.2) is 47.2 Å². The topological polar surface area (TPSA) is 61.0 Å². The van der Waals surface area contributed by atoms with Gasteiger partial charge >= 0.3 is 0 Å². The maximum Gasteiger partial charge on any atom is 0.226 e. The predicted octanol–water partition coefficient (Wildman–Crippen LogP) is 1.51. The van der Waals surface area contributed by atoms with E-state index >= 15 is 0 Å². The Bertz CT molecular complexity index is 498. The van der Waals surface area contributed by atoms with E-state index in [0.717, 1.165) is 45.4 Å². The van der Waals surface area contributed by atoms with Gasteiger partial charge in [0.15, 0.2) is 0 Å². The van der Waals surface area contributed by atoms with Crippen LogP contribution in [0.3, 0.4) is 0 Å². The molecule has 0 aromatic carbocycles. The Labute approximate surface area is 125 Å². The largest absolute Gasteiger partial charge is 0.342 e. The molecule has 3 aliphatic rings. The molecule has 2 aliphatic heterocycles. The van der Waals surface area contributed by atoms with Crippen molar-refractivity contribution >= 4 is 5.91 Å². The van der Waals surface area contributed by atoms with E-state index in [9.17, 15) is 4.79 Å². The summed E-state index contributed by atoms with van der Waals surface area (Å²) in [5.41, 5.74) is 1.66. The van der Waals surface area contributed by atoms with Crippen LogP contribution >= 0.6 is 0 Å². The zero-order chi connectivity index (χ0) is 14.3. The number of nitrogens with one attached hydrogen (secondary N) is 2. The van der Waals surface area contributed by atoms with E-state index < -0.39 is 0 Å². The number of carbonyl (C=O) groups is 1. The molecule has 0 radical (unpaired) electrons. The van der Waals surface area contributed by atoms with E-state index in [4.69, 9.17) is 0 Å². The Kier molecular flexibility index (Phi) is 3.25. The smallest absolute Gasteiger partial charge is 0.226 e. The van der Waals surface area contributed by atoms with Crippen LogP contribution in [0.15, 0.2) is 12.4 Å². The van der Waals surface area contributed by atoms with E-state index in [-0.39, 0.29) is 0 Å². The number of hydrogen-bond donors (Lipinski definition) is 2. The summed E-state index contributed by atoms with van der Waals surface area (Å²) in [6.45, 7) is 4.01. The number of rotatable bonds is 2. The van der Waals surface area contributed by atoms with Crippen LogP contribution in [0.2, 0.25) is 0 Å². The zero-order valence-electron chi connectivity index (χ0n) is 12.5. The maximum absolute atomic E-state index is 12.7. The molecule has 1 saturated carbocycles. The molecular weight excluding hydrogens is 264 g/mol. The standard InChI is InChI=1S/C16H24N4O/c21-15(14-9-16(14)3-5-17-6-4-16)20-7-1-12(2-8-20)13-10-18-19-11-13/h10-12,14,17H,1-9H2,(H,18,19). The van der Waals surface area contributed by atoms with Crippen molar-refractivity contribution in [2.45, 2.75) is 38.0 Å². The van der Waals surface area contributed by atoms with Gasteiger partial charge in [-0.2, -0.15) is 5.10 Å². The number of H-pyrrole nitrogens is 1. The van der Waals surface area contributed by atoms with Crippen LogP contribution < -0.4 is 5.32 Å². The molecule has 5 heteroatoms. The molecule has 1 amide bonds. The number of aromatic nitrogens is 2. The molecule has 114 valence electrons. The Morgan fingerprint density at radius 1 is 1.29 bits per heavy atom. The predicted molar refractivity (Wildman–Crippen MR) is 79.8 cm³/mol. The number of nitrogens with zero attached hydrogens (tertiary/aromatic N) is 2. The first-order valence-corrected chi connectivity index (χ1v) is 8.27. The molecule has 1 aromatic rings. The second-order valence-electron chi connectivity index (χ2n) is 7.00. The monoisotopic (exact) mass is 288 g/mol. The number of aromatic amines is 1. The number of likely N-dealkylation sites (tertiary alicyclic amines) is 1. The summed E-state index contributed by atoms with van der Waals surface area (Å²) in [7, 11) is 0. The van der Waals surface area contributed by atoms with Gasteiger partial charge in [0.2, 0.25) is 5.91 Å². The SMILES string of the molecule is O=C(C1CC12CCNCC2)N1CCC(c2cn[nH]c2)CC1. The van der Waals surface area contributed by atoms with Crippen molar-refractivity contribution in [3.05, 3.63) is 18.0 Å². The van der Waals surface area contributed by atoms with Gasteiger partial charge in [-0.25, -0.2) is 0 Å². The minimum absolute atomic E-state index is 0.324. The van der Waals surface area contributed by atoms with E-state index in [2.05, 4.69) is 20.4 Å². The third-order valence-corrected chi connectivity index (χ3v) is 5.88. The molecule has 21 heavy (non-hydrogen) atoms. The molecule has 1 spiro atoms. The Hall–Kier alpha value is -1.36. The molecule has 2 N–H and O–H groups in total. The summed E-state index contributed by atoms with van der Waals surface area (Å²) in [5, 5.41) is 10.3. The van der Waals surface area contributed by atoms with E-state index in [1.165, 1.54) is 18.4 Å². The van der Waals surface area contributed by atoms with Crippen LogP contribution in [0, 0.1) is 11.3 Å². The molecule has 3 fully saturated rings. The summed E-state index contributed by atoms with van der Waals surface area (Å²) >= 11 is 0. The Morgan fingerprint density at radius 2 is 2.05 bits per heavy atom. The summed E-state index contributed by atoms with van der Waals surface area (Å²) in [5.74, 6) is 1.33. The van der Waals surface area contributed by atoms with Gasteiger partial charge in [-0.05, 0) is 62.1 Å². The Morgan fingerprint density at radius 3 is 2.71 bits per heavy atom. The van der Waals surface area contributed by atoms with Gasteiger partial charge < -0.3 is 10.2 Å². The first-order chi connectivity index (χ1) is 10.3. The molecule has 1 unspecified atom stereocenters. The fourth-order valence-corrected chi connectivity index (χ4v) is 4.31. The van der Waals surface area contributed by atoms with Gasteiger partial charge in [0, 0.05) is 25.2 Å². The highest BCUT2D eigenvalue weighted by Gasteiger charge is 2.58. The number of piperidine rings is 2. The average molecular weight is 288 g/mol. The molecule has 1 atom stereocenters. The molecular formula is C16H24N4O. The lowest BCUT2D eigenvalue weighted by atomic mass is 9.89. The summed E-state index contributed by atoms with van der Waals surface area (Å²) in [6, 6.07) is 0. The molecule has 1 aliphatic carbocycles. The zero-order valence-corrected chi connectivity index (χ0v) is 12.5. The third kappa shape index (κ3) is 2.37. The second-order valence-corrected chi connectivity index (χ2v) is 7.00. The van der Waals surface area contributed by atoms with Gasteiger partial charge in [-0.15, -0.1) is 0 Å². The van der Waals surface area contributed by atoms with Gasteiger partial charge in [-0.1, -0.05) is 0 Å².